The van der Waals surface area contributed by atoms with Gasteiger partial charge in [-0.2, -0.15) is 5.10 Å². The Morgan fingerprint density at radius 2 is 1.90 bits per heavy atom. The van der Waals surface area contributed by atoms with Gasteiger partial charge in [-0.15, -0.1) is 0 Å². The summed E-state index contributed by atoms with van der Waals surface area (Å²) in [6, 6.07) is 13.6. The van der Waals surface area contributed by atoms with E-state index in [9.17, 15) is 4.79 Å². The van der Waals surface area contributed by atoms with Gasteiger partial charge in [0.2, 0.25) is 0 Å². The number of para-hydroxylation sites is 1. The number of aromatic nitrogens is 3. The number of hydrogen-bond donors (Lipinski definition) is 0. The van der Waals surface area contributed by atoms with Gasteiger partial charge in [-0.1, -0.05) is 24.3 Å². The molecule has 20 heavy (non-hydrogen) atoms. The Morgan fingerprint density at radius 3 is 2.70 bits per heavy atom. The molecule has 3 aromatic rings. The number of aryl methyl sites for hydroxylation is 1. The zero-order chi connectivity index (χ0) is 13.9. The summed E-state index contributed by atoms with van der Waals surface area (Å²) in [5.74, 6) is 0. The summed E-state index contributed by atoms with van der Waals surface area (Å²) >= 11 is 0. The number of nitrogens with zero attached hydrogens (tertiary/aromatic N) is 3. The molecular weight excluding hydrogens is 250 g/mol. The van der Waals surface area contributed by atoms with Crippen LogP contribution in [0.3, 0.4) is 0 Å². The van der Waals surface area contributed by atoms with E-state index in [0.717, 1.165) is 16.8 Å². The molecule has 0 unspecified atom stereocenters. The summed E-state index contributed by atoms with van der Waals surface area (Å²) in [7, 11) is 0. The van der Waals surface area contributed by atoms with Crippen molar-refractivity contribution < 1.29 is 0 Å². The Morgan fingerprint density at radius 1 is 1.10 bits per heavy atom. The Hall–Kier alpha value is -2.62. The smallest absolute Gasteiger partial charge is 0.253 e. The highest BCUT2D eigenvalue weighted by molar-refractivity contribution is 5.31. The molecule has 0 bridgehead atoms. The lowest BCUT2D eigenvalue weighted by atomic mass is 10.3. The standard InChI is InChI=1S/C16H15N3O/c1-13-6-5-9-18(16(13)20)11-14-10-17-19(12-14)15-7-3-2-4-8-15/h2-10,12H,11H2,1H3. The molecule has 0 spiro atoms. The van der Waals surface area contributed by atoms with E-state index in [2.05, 4.69) is 5.10 Å². The molecule has 4 heteroatoms. The van der Waals surface area contributed by atoms with E-state index in [-0.39, 0.29) is 5.56 Å². The number of benzene rings is 1. The maximum absolute atomic E-state index is 12.0. The Kier molecular flexibility index (Phi) is 3.21. The van der Waals surface area contributed by atoms with Crippen LogP contribution in [-0.2, 0) is 6.54 Å². The monoisotopic (exact) mass is 265 g/mol. The first-order valence-corrected chi connectivity index (χ1v) is 6.49. The predicted octanol–water partition coefficient (Wildman–Crippen LogP) is 2.39. The minimum absolute atomic E-state index is 0.0416. The SMILES string of the molecule is Cc1cccn(Cc2cnn(-c3ccccc3)c2)c1=O. The van der Waals surface area contributed by atoms with E-state index in [0.29, 0.717) is 6.54 Å². The fourth-order valence-corrected chi connectivity index (χ4v) is 2.14. The molecule has 0 saturated heterocycles. The number of hydrogen-bond acceptors (Lipinski definition) is 2. The van der Waals surface area contributed by atoms with Gasteiger partial charge in [0.1, 0.15) is 0 Å². The van der Waals surface area contributed by atoms with E-state index in [4.69, 9.17) is 0 Å². The summed E-state index contributed by atoms with van der Waals surface area (Å²) < 4.78 is 3.51. The van der Waals surface area contributed by atoms with E-state index in [1.54, 1.807) is 17.0 Å². The second-order valence-electron chi connectivity index (χ2n) is 4.75. The Bertz CT molecular complexity index is 772. The molecule has 2 aromatic heterocycles. The van der Waals surface area contributed by atoms with Crippen molar-refractivity contribution in [3.05, 3.63) is 82.5 Å². The molecule has 0 amide bonds. The van der Waals surface area contributed by atoms with Crippen molar-refractivity contribution in [2.24, 2.45) is 0 Å². The lowest BCUT2D eigenvalue weighted by Crippen LogP contribution is -2.21. The summed E-state index contributed by atoms with van der Waals surface area (Å²) in [5, 5.41) is 4.34. The fourth-order valence-electron chi connectivity index (χ4n) is 2.14. The van der Waals surface area contributed by atoms with Crippen LogP contribution in [0.2, 0.25) is 0 Å². The van der Waals surface area contributed by atoms with Crippen molar-refractivity contribution in [3.63, 3.8) is 0 Å². The molecule has 0 radical (unpaired) electrons. The maximum Gasteiger partial charge on any atom is 0.253 e. The first-order chi connectivity index (χ1) is 9.74. The maximum atomic E-state index is 12.0. The molecule has 2 heterocycles. The first kappa shape index (κ1) is 12.4. The zero-order valence-corrected chi connectivity index (χ0v) is 11.2. The lowest BCUT2D eigenvalue weighted by molar-refractivity contribution is 0.752. The average Bonchev–Trinajstić information content (AvgIpc) is 2.93. The second-order valence-corrected chi connectivity index (χ2v) is 4.75. The van der Waals surface area contributed by atoms with Crippen LogP contribution in [0.1, 0.15) is 11.1 Å². The van der Waals surface area contributed by atoms with Crippen molar-refractivity contribution in [1.82, 2.24) is 14.3 Å². The van der Waals surface area contributed by atoms with Crippen molar-refractivity contribution in [1.29, 1.82) is 0 Å². The largest absolute Gasteiger partial charge is 0.311 e. The van der Waals surface area contributed by atoms with Crippen LogP contribution in [-0.4, -0.2) is 14.3 Å². The molecule has 0 N–H and O–H groups in total. The van der Waals surface area contributed by atoms with Gasteiger partial charge in [-0.05, 0) is 25.1 Å². The van der Waals surface area contributed by atoms with E-state index in [1.165, 1.54) is 0 Å². The quantitative estimate of drug-likeness (QED) is 0.729. The summed E-state index contributed by atoms with van der Waals surface area (Å²) in [6.07, 6.45) is 5.54. The van der Waals surface area contributed by atoms with Gasteiger partial charge in [-0.3, -0.25) is 4.79 Å². The summed E-state index contributed by atoms with van der Waals surface area (Å²) in [5.41, 5.74) is 2.81. The molecule has 0 atom stereocenters. The van der Waals surface area contributed by atoms with Gasteiger partial charge in [0.15, 0.2) is 0 Å². The zero-order valence-electron chi connectivity index (χ0n) is 11.2. The van der Waals surface area contributed by atoms with E-state index < -0.39 is 0 Å². The van der Waals surface area contributed by atoms with Crippen LogP contribution in [0.25, 0.3) is 5.69 Å². The minimum atomic E-state index is 0.0416. The number of pyridine rings is 1. The first-order valence-electron chi connectivity index (χ1n) is 6.49. The van der Waals surface area contributed by atoms with Gasteiger partial charge in [0.25, 0.3) is 5.56 Å². The highest BCUT2D eigenvalue weighted by atomic mass is 16.1. The Balaban J connectivity index is 1.88. The van der Waals surface area contributed by atoms with Gasteiger partial charge in [0, 0.05) is 23.5 Å². The molecule has 3 rings (SSSR count). The van der Waals surface area contributed by atoms with E-state index in [1.807, 2.05) is 60.3 Å². The van der Waals surface area contributed by atoms with Crippen molar-refractivity contribution >= 4 is 0 Å². The van der Waals surface area contributed by atoms with Crippen LogP contribution in [0.15, 0.2) is 65.8 Å². The van der Waals surface area contributed by atoms with Gasteiger partial charge in [0.05, 0.1) is 18.4 Å². The van der Waals surface area contributed by atoms with E-state index >= 15 is 0 Å². The molecule has 0 aliphatic heterocycles. The summed E-state index contributed by atoms with van der Waals surface area (Å²) in [6.45, 7) is 2.36. The molecule has 0 aliphatic carbocycles. The molecule has 0 fully saturated rings. The molecular formula is C16H15N3O. The van der Waals surface area contributed by atoms with Crippen molar-refractivity contribution in [2.75, 3.05) is 0 Å². The molecule has 0 aliphatic rings. The van der Waals surface area contributed by atoms with Crippen LogP contribution in [0.4, 0.5) is 0 Å². The highest BCUT2D eigenvalue weighted by Gasteiger charge is 2.03. The van der Waals surface area contributed by atoms with Gasteiger partial charge >= 0.3 is 0 Å². The third-order valence-corrected chi connectivity index (χ3v) is 3.22. The fraction of sp³-hybridized carbons (Fsp3) is 0.125. The Labute approximate surface area is 116 Å². The van der Waals surface area contributed by atoms with Gasteiger partial charge < -0.3 is 4.57 Å². The van der Waals surface area contributed by atoms with Gasteiger partial charge in [-0.25, -0.2) is 4.68 Å². The molecule has 4 nitrogen and oxygen atoms in total. The topological polar surface area (TPSA) is 39.8 Å². The molecule has 100 valence electrons. The third-order valence-electron chi connectivity index (χ3n) is 3.22. The normalized spacial score (nSPS) is 10.7. The van der Waals surface area contributed by atoms with Crippen LogP contribution >= 0.6 is 0 Å². The lowest BCUT2D eigenvalue weighted by Gasteiger charge is -2.04. The minimum Gasteiger partial charge on any atom is -0.311 e. The molecule has 0 saturated carbocycles. The highest BCUT2D eigenvalue weighted by Crippen LogP contribution is 2.08. The predicted molar refractivity (Wildman–Crippen MR) is 78.1 cm³/mol. The van der Waals surface area contributed by atoms with Crippen LogP contribution in [0.5, 0.6) is 0 Å². The number of rotatable bonds is 3. The van der Waals surface area contributed by atoms with Crippen molar-refractivity contribution in [2.45, 2.75) is 13.5 Å². The van der Waals surface area contributed by atoms with Crippen LogP contribution < -0.4 is 5.56 Å². The second kappa shape index (κ2) is 5.17. The third kappa shape index (κ3) is 2.40. The molecule has 1 aromatic carbocycles. The van der Waals surface area contributed by atoms with Crippen molar-refractivity contribution in [3.8, 4) is 5.69 Å². The van der Waals surface area contributed by atoms with Crippen LogP contribution in [0, 0.1) is 6.92 Å². The summed E-state index contributed by atoms with van der Waals surface area (Å²) in [4.78, 5) is 12.0. The average molecular weight is 265 g/mol.